The summed E-state index contributed by atoms with van der Waals surface area (Å²) in [5.41, 5.74) is 4.52. The van der Waals surface area contributed by atoms with Crippen molar-refractivity contribution in [2.45, 2.75) is 59.5 Å². The summed E-state index contributed by atoms with van der Waals surface area (Å²) in [5, 5.41) is 12.7. The first-order chi connectivity index (χ1) is 19.1. The van der Waals surface area contributed by atoms with Gasteiger partial charge in [0.15, 0.2) is 0 Å². The van der Waals surface area contributed by atoms with Crippen LogP contribution in [-0.2, 0) is 13.0 Å². The second kappa shape index (κ2) is 12.7. The maximum absolute atomic E-state index is 15.5. The van der Waals surface area contributed by atoms with Gasteiger partial charge in [0.2, 0.25) is 0 Å². The third-order valence-corrected chi connectivity index (χ3v) is 7.46. The third kappa shape index (κ3) is 6.39. The van der Waals surface area contributed by atoms with E-state index in [0.29, 0.717) is 40.3 Å². The average molecular weight is 562 g/mol. The number of amides is 1. The van der Waals surface area contributed by atoms with Gasteiger partial charge in [-0.15, -0.1) is 0 Å². The van der Waals surface area contributed by atoms with Crippen molar-refractivity contribution >= 4 is 35.5 Å². The van der Waals surface area contributed by atoms with Crippen LogP contribution >= 0.6 is 12.6 Å². The van der Waals surface area contributed by atoms with Gasteiger partial charge >= 0.3 is 5.97 Å². The molecule has 8 heteroatoms. The van der Waals surface area contributed by atoms with Gasteiger partial charge in [0, 0.05) is 29.3 Å². The van der Waals surface area contributed by atoms with E-state index in [1.807, 2.05) is 23.6 Å². The van der Waals surface area contributed by atoms with Crippen LogP contribution < -0.4 is 5.32 Å². The number of fused-ring (bicyclic) bond motifs is 1. The molecule has 0 bridgehead atoms. The molecule has 0 saturated heterocycles. The smallest absolute Gasteiger partial charge is 0.336 e. The van der Waals surface area contributed by atoms with E-state index in [0.717, 1.165) is 35.3 Å². The zero-order chi connectivity index (χ0) is 29.0. The van der Waals surface area contributed by atoms with Gasteiger partial charge in [-0.25, -0.2) is 14.2 Å². The van der Waals surface area contributed by atoms with Gasteiger partial charge in [0.05, 0.1) is 23.1 Å². The van der Waals surface area contributed by atoms with Crippen molar-refractivity contribution in [3.05, 3.63) is 88.5 Å². The number of thiol groups is 1. The lowest BCUT2D eigenvalue weighted by atomic mass is 9.98. The summed E-state index contributed by atoms with van der Waals surface area (Å²) < 4.78 is 17.5. The van der Waals surface area contributed by atoms with Crippen molar-refractivity contribution in [2.24, 2.45) is 5.92 Å². The van der Waals surface area contributed by atoms with Crippen LogP contribution in [0.5, 0.6) is 0 Å². The number of hydrogen-bond acceptors (Lipinski definition) is 4. The minimum Gasteiger partial charge on any atom is -0.478 e. The Morgan fingerprint density at radius 1 is 1.12 bits per heavy atom. The molecule has 1 unspecified atom stereocenters. The molecule has 0 fully saturated rings. The molecule has 6 nitrogen and oxygen atoms in total. The number of imidazole rings is 1. The standard InChI is InChI=1S/C32H36FN3O3S/c1-5-8-29-35-30-20(4)14-23(31(37)34-24(18-40)13-19(2)3)16-28(30)36(29)17-22-12-11-21(15-27(22)33)25-9-6-7-10-26(25)32(38)39/h6-7,9-12,14-16,19,24,40H,5,8,13,17-18H2,1-4H3,(H,34,37)(H,38,39). The molecule has 210 valence electrons. The van der Waals surface area contributed by atoms with Gasteiger partial charge in [-0.3, -0.25) is 4.79 Å². The van der Waals surface area contributed by atoms with Crippen LogP contribution in [0.25, 0.3) is 22.2 Å². The normalized spacial score (nSPS) is 12.2. The number of carbonyl (C=O) groups is 2. The van der Waals surface area contributed by atoms with Crippen molar-refractivity contribution in [2.75, 3.05) is 5.75 Å². The van der Waals surface area contributed by atoms with Crippen molar-refractivity contribution < 1.29 is 19.1 Å². The van der Waals surface area contributed by atoms with E-state index in [1.54, 1.807) is 30.3 Å². The largest absolute Gasteiger partial charge is 0.478 e. The second-order valence-electron chi connectivity index (χ2n) is 10.7. The summed E-state index contributed by atoms with van der Waals surface area (Å²) in [6.45, 7) is 8.46. The molecule has 0 aliphatic rings. The fourth-order valence-electron chi connectivity index (χ4n) is 5.11. The maximum atomic E-state index is 15.5. The minimum absolute atomic E-state index is 0.0359. The van der Waals surface area contributed by atoms with E-state index in [-0.39, 0.29) is 24.1 Å². The molecule has 2 N–H and O–H groups in total. The van der Waals surface area contributed by atoms with Gasteiger partial charge in [-0.1, -0.05) is 51.1 Å². The number of aromatic carboxylic acids is 1. The van der Waals surface area contributed by atoms with E-state index < -0.39 is 11.8 Å². The van der Waals surface area contributed by atoms with Crippen molar-refractivity contribution in [1.82, 2.24) is 14.9 Å². The first-order valence-electron chi connectivity index (χ1n) is 13.7. The molecule has 4 rings (SSSR count). The van der Waals surface area contributed by atoms with E-state index >= 15 is 4.39 Å². The highest BCUT2D eigenvalue weighted by Gasteiger charge is 2.20. The third-order valence-electron chi connectivity index (χ3n) is 7.02. The summed E-state index contributed by atoms with van der Waals surface area (Å²) in [7, 11) is 0. The summed E-state index contributed by atoms with van der Waals surface area (Å²) in [6, 6.07) is 15.0. The molecule has 1 amide bonds. The van der Waals surface area contributed by atoms with Gasteiger partial charge in [0.25, 0.3) is 5.91 Å². The average Bonchev–Trinajstić information content (AvgIpc) is 3.26. The predicted octanol–water partition coefficient (Wildman–Crippen LogP) is 6.92. The topological polar surface area (TPSA) is 84.2 Å². The van der Waals surface area contributed by atoms with Crippen LogP contribution in [0.1, 0.15) is 71.3 Å². The zero-order valence-corrected chi connectivity index (χ0v) is 24.3. The molecule has 0 spiro atoms. The molecule has 0 saturated carbocycles. The Bertz CT molecular complexity index is 1550. The van der Waals surface area contributed by atoms with Crippen LogP contribution in [0.2, 0.25) is 0 Å². The predicted molar refractivity (Wildman–Crippen MR) is 161 cm³/mol. The summed E-state index contributed by atoms with van der Waals surface area (Å²) in [6.07, 6.45) is 2.40. The van der Waals surface area contributed by atoms with Crippen LogP contribution in [0.15, 0.2) is 54.6 Å². The molecule has 1 aromatic heterocycles. The quantitative estimate of drug-likeness (QED) is 0.174. The van der Waals surface area contributed by atoms with Gasteiger partial charge in [-0.2, -0.15) is 12.6 Å². The van der Waals surface area contributed by atoms with Gasteiger partial charge in [0.1, 0.15) is 11.6 Å². The number of carboxylic acids is 1. The van der Waals surface area contributed by atoms with Crippen molar-refractivity contribution in [3.63, 3.8) is 0 Å². The molecule has 1 heterocycles. The molecule has 0 radical (unpaired) electrons. The lowest BCUT2D eigenvalue weighted by molar-refractivity contribution is 0.0697. The SMILES string of the molecule is CCCc1nc2c(C)cc(C(=O)NC(CS)CC(C)C)cc2n1Cc1ccc(-c2ccccc2C(=O)O)cc1F. The molecule has 40 heavy (non-hydrogen) atoms. The number of nitrogens with one attached hydrogen (secondary N) is 1. The van der Waals surface area contributed by atoms with Crippen molar-refractivity contribution in [1.29, 1.82) is 0 Å². The minimum atomic E-state index is -1.06. The van der Waals surface area contributed by atoms with Crippen LogP contribution in [-0.4, -0.2) is 38.3 Å². The van der Waals surface area contributed by atoms with Crippen LogP contribution in [0.3, 0.4) is 0 Å². The fourth-order valence-corrected chi connectivity index (χ4v) is 5.35. The number of halogens is 1. The van der Waals surface area contributed by atoms with Crippen LogP contribution in [0.4, 0.5) is 4.39 Å². The zero-order valence-electron chi connectivity index (χ0n) is 23.4. The van der Waals surface area contributed by atoms with Gasteiger partial charge < -0.3 is 15.0 Å². The summed E-state index contributed by atoms with van der Waals surface area (Å²) >= 11 is 4.42. The summed E-state index contributed by atoms with van der Waals surface area (Å²) in [5.74, 6) is 0.148. The number of aryl methyl sites for hydroxylation is 2. The Kier molecular flexibility index (Phi) is 9.30. The number of aromatic nitrogens is 2. The van der Waals surface area contributed by atoms with E-state index in [1.165, 1.54) is 12.1 Å². The highest BCUT2D eigenvalue weighted by Crippen LogP contribution is 2.28. The number of hydrogen-bond donors (Lipinski definition) is 3. The Morgan fingerprint density at radius 3 is 2.52 bits per heavy atom. The highest BCUT2D eigenvalue weighted by molar-refractivity contribution is 7.80. The Labute approximate surface area is 240 Å². The van der Waals surface area contributed by atoms with Gasteiger partial charge in [-0.05, 0) is 66.6 Å². The molecule has 4 aromatic rings. The lowest BCUT2D eigenvalue weighted by Gasteiger charge is -2.19. The number of carbonyl (C=O) groups excluding carboxylic acids is 1. The molecule has 3 aromatic carbocycles. The van der Waals surface area contributed by atoms with Crippen molar-refractivity contribution in [3.8, 4) is 11.1 Å². The Morgan fingerprint density at radius 2 is 1.88 bits per heavy atom. The monoisotopic (exact) mass is 561 g/mol. The van der Waals surface area contributed by atoms with E-state index in [4.69, 9.17) is 4.98 Å². The second-order valence-corrected chi connectivity index (χ2v) is 11.0. The molecule has 0 aliphatic heterocycles. The highest BCUT2D eigenvalue weighted by atomic mass is 32.1. The van der Waals surface area contributed by atoms with Crippen LogP contribution in [0, 0.1) is 18.7 Å². The number of nitrogens with zero attached hydrogens (tertiary/aromatic N) is 2. The first-order valence-corrected chi connectivity index (χ1v) is 14.3. The summed E-state index contributed by atoms with van der Waals surface area (Å²) in [4.78, 5) is 29.8. The number of benzene rings is 3. The van der Waals surface area contributed by atoms with E-state index in [9.17, 15) is 14.7 Å². The number of rotatable bonds is 11. The van der Waals surface area contributed by atoms with E-state index in [2.05, 4.69) is 38.7 Å². The molecular weight excluding hydrogens is 525 g/mol. The lowest BCUT2D eigenvalue weighted by Crippen LogP contribution is -2.37. The molecule has 1 atom stereocenters. The molecule has 0 aliphatic carbocycles. The Hall–Kier alpha value is -3.65. The first kappa shape index (κ1) is 29.3. The maximum Gasteiger partial charge on any atom is 0.336 e. The molecular formula is C32H36FN3O3S. The Balaban J connectivity index is 1.72. The fraction of sp³-hybridized carbons (Fsp3) is 0.344. The number of carboxylic acid groups (broad SMARTS) is 1.